The fraction of sp³-hybridized carbons (Fsp3) is 0.296. The summed E-state index contributed by atoms with van der Waals surface area (Å²) in [4.78, 5) is 12.6. The van der Waals surface area contributed by atoms with Crippen LogP contribution >= 0.6 is 0 Å². The van der Waals surface area contributed by atoms with Crippen LogP contribution in [-0.2, 0) is 0 Å². The molecule has 0 atom stereocenters. The van der Waals surface area contributed by atoms with Crippen LogP contribution in [0.3, 0.4) is 0 Å². The Kier molecular flexibility index (Phi) is 5.71. The molecule has 4 heterocycles. The zero-order chi connectivity index (χ0) is 21.9. The average Bonchev–Trinajstić information content (AvgIpc) is 3.45. The highest BCUT2D eigenvalue weighted by atomic mass is 15.1. The summed E-state index contributed by atoms with van der Waals surface area (Å²) in [7, 11) is 0. The lowest BCUT2D eigenvalue weighted by Gasteiger charge is -2.22. The zero-order valence-electron chi connectivity index (χ0n) is 18.6. The number of H-pyrrole nitrogens is 2. The minimum absolute atomic E-state index is 0.776. The lowest BCUT2D eigenvalue weighted by molar-refractivity contribution is 0.358. The summed E-state index contributed by atoms with van der Waals surface area (Å²) in [6, 6.07) is 8.21. The molecule has 4 aromatic heterocycles. The standard InChI is InChI=1S/C27H29N5/c1-3-18(14-19-8-6-5-7-9-19)15-20(4-2)22-10-11-23-26(30-22)27(32-31-23)24-16-21-12-13-28-17-25(21)29-24/h3-4,10-13,15-17,19,29H,1,5-9,14H2,2H3,(H,31,32)/b18-15+,20-4+. The molecule has 0 radical (unpaired) electrons. The fourth-order valence-corrected chi connectivity index (χ4v) is 4.78. The van der Waals surface area contributed by atoms with E-state index in [1.165, 1.54) is 37.7 Å². The lowest BCUT2D eigenvalue weighted by atomic mass is 9.84. The van der Waals surface area contributed by atoms with Crippen molar-refractivity contribution in [1.29, 1.82) is 0 Å². The van der Waals surface area contributed by atoms with Gasteiger partial charge in [0.2, 0.25) is 0 Å². The lowest BCUT2D eigenvalue weighted by Crippen LogP contribution is -2.06. The SMILES string of the molecule is C=C/C(=C\C(=C/C)c1ccc2[nH]nc(-c3cc4ccncc4[nH]3)c2n1)CC1CCCCC1. The summed E-state index contributed by atoms with van der Waals surface area (Å²) in [5, 5.41) is 8.78. The van der Waals surface area contributed by atoms with Gasteiger partial charge in [-0.1, -0.05) is 50.8 Å². The number of allylic oxidation sites excluding steroid dienone is 5. The van der Waals surface area contributed by atoms with Crippen molar-refractivity contribution in [2.45, 2.75) is 45.4 Å². The number of rotatable bonds is 6. The Labute approximate surface area is 188 Å². The molecule has 2 N–H and O–H groups in total. The average molecular weight is 424 g/mol. The van der Waals surface area contributed by atoms with Gasteiger partial charge >= 0.3 is 0 Å². The Morgan fingerprint density at radius 3 is 2.81 bits per heavy atom. The van der Waals surface area contributed by atoms with Crippen LogP contribution < -0.4 is 0 Å². The normalized spacial score (nSPS) is 16.2. The van der Waals surface area contributed by atoms with Crippen molar-refractivity contribution in [3.8, 4) is 11.4 Å². The number of fused-ring (bicyclic) bond motifs is 2. The first-order valence-corrected chi connectivity index (χ1v) is 11.5. The molecule has 0 aliphatic heterocycles. The maximum absolute atomic E-state index is 5.01. The van der Waals surface area contributed by atoms with E-state index in [9.17, 15) is 0 Å². The van der Waals surface area contributed by atoms with E-state index in [2.05, 4.69) is 64.0 Å². The molecule has 0 bridgehead atoms. The van der Waals surface area contributed by atoms with Gasteiger partial charge in [0, 0.05) is 11.6 Å². The van der Waals surface area contributed by atoms with Crippen LogP contribution in [0.4, 0.5) is 0 Å². The van der Waals surface area contributed by atoms with Gasteiger partial charge in [0.25, 0.3) is 0 Å². The molecule has 0 unspecified atom stereocenters. The van der Waals surface area contributed by atoms with E-state index in [1.807, 2.05) is 18.3 Å². The molecule has 1 fully saturated rings. The fourth-order valence-electron chi connectivity index (χ4n) is 4.78. The van der Waals surface area contributed by atoms with E-state index < -0.39 is 0 Å². The molecule has 5 heteroatoms. The van der Waals surface area contributed by atoms with Gasteiger partial charge in [-0.25, -0.2) is 4.98 Å². The van der Waals surface area contributed by atoms with Gasteiger partial charge in [-0.3, -0.25) is 10.1 Å². The number of hydrogen-bond acceptors (Lipinski definition) is 3. The number of pyridine rings is 2. The second kappa shape index (κ2) is 8.95. The summed E-state index contributed by atoms with van der Waals surface area (Å²) in [6.07, 6.45) is 17.9. The van der Waals surface area contributed by atoms with E-state index in [4.69, 9.17) is 4.98 Å². The molecular weight excluding hydrogens is 394 g/mol. The molecule has 1 aliphatic rings. The van der Waals surface area contributed by atoms with Crippen molar-refractivity contribution in [3.05, 3.63) is 72.7 Å². The number of nitrogens with zero attached hydrogens (tertiary/aromatic N) is 3. The Balaban J connectivity index is 1.49. The van der Waals surface area contributed by atoms with Crippen LogP contribution in [0.2, 0.25) is 0 Å². The molecule has 1 saturated carbocycles. The molecular formula is C27H29N5. The van der Waals surface area contributed by atoms with Gasteiger partial charge in [-0.05, 0) is 60.8 Å². The van der Waals surface area contributed by atoms with Crippen LogP contribution in [0.1, 0.15) is 51.1 Å². The molecule has 0 spiro atoms. The second-order valence-electron chi connectivity index (χ2n) is 8.69. The van der Waals surface area contributed by atoms with Gasteiger partial charge in [-0.15, -0.1) is 0 Å². The molecule has 32 heavy (non-hydrogen) atoms. The van der Waals surface area contributed by atoms with Crippen molar-refractivity contribution in [3.63, 3.8) is 0 Å². The van der Waals surface area contributed by atoms with Gasteiger partial charge < -0.3 is 4.98 Å². The number of hydrogen-bond donors (Lipinski definition) is 2. The topological polar surface area (TPSA) is 70.2 Å². The van der Waals surface area contributed by atoms with E-state index in [1.54, 1.807) is 6.20 Å². The first kappa shape index (κ1) is 20.4. The quantitative estimate of drug-likeness (QED) is 0.328. The van der Waals surface area contributed by atoms with Gasteiger partial charge in [0.1, 0.15) is 11.2 Å². The summed E-state index contributed by atoms with van der Waals surface area (Å²) in [5.74, 6) is 0.776. The summed E-state index contributed by atoms with van der Waals surface area (Å²) >= 11 is 0. The first-order valence-electron chi connectivity index (χ1n) is 11.5. The molecule has 4 aromatic rings. The Hall–Kier alpha value is -3.47. The largest absolute Gasteiger partial charge is 0.352 e. The van der Waals surface area contributed by atoms with Crippen molar-refractivity contribution in [2.75, 3.05) is 0 Å². The smallest absolute Gasteiger partial charge is 0.135 e. The van der Waals surface area contributed by atoms with E-state index in [0.29, 0.717) is 0 Å². The summed E-state index contributed by atoms with van der Waals surface area (Å²) in [6.45, 7) is 6.15. The molecule has 0 saturated heterocycles. The molecule has 5 nitrogen and oxygen atoms in total. The third-order valence-corrected chi connectivity index (χ3v) is 6.55. The van der Waals surface area contributed by atoms with Crippen LogP contribution in [0, 0.1) is 5.92 Å². The number of aromatic nitrogens is 5. The molecule has 5 rings (SSSR count). The number of aromatic amines is 2. The van der Waals surface area contributed by atoms with Gasteiger partial charge in [-0.2, -0.15) is 5.10 Å². The van der Waals surface area contributed by atoms with Gasteiger partial charge in [0.15, 0.2) is 0 Å². The van der Waals surface area contributed by atoms with Crippen LogP contribution in [0.5, 0.6) is 0 Å². The third-order valence-electron chi connectivity index (χ3n) is 6.55. The molecule has 0 amide bonds. The van der Waals surface area contributed by atoms with Crippen molar-refractivity contribution in [1.82, 2.24) is 25.1 Å². The van der Waals surface area contributed by atoms with Crippen LogP contribution in [-0.4, -0.2) is 25.1 Å². The van der Waals surface area contributed by atoms with Gasteiger partial charge in [0.05, 0.1) is 28.6 Å². The predicted molar refractivity (Wildman–Crippen MR) is 132 cm³/mol. The second-order valence-corrected chi connectivity index (χ2v) is 8.69. The molecule has 1 aliphatic carbocycles. The maximum Gasteiger partial charge on any atom is 0.135 e. The molecule has 0 aromatic carbocycles. The van der Waals surface area contributed by atoms with E-state index in [0.717, 1.165) is 56.9 Å². The van der Waals surface area contributed by atoms with Crippen molar-refractivity contribution < 1.29 is 0 Å². The zero-order valence-corrected chi connectivity index (χ0v) is 18.6. The van der Waals surface area contributed by atoms with Crippen molar-refractivity contribution >= 4 is 27.5 Å². The summed E-state index contributed by atoms with van der Waals surface area (Å²) < 4.78 is 0. The highest BCUT2D eigenvalue weighted by Gasteiger charge is 2.16. The summed E-state index contributed by atoms with van der Waals surface area (Å²) in [5.41, 5.74) is 7.89. The third kappa shape index (κ3) is 4.03. The predicted octanol–water partition coefficient (Wildman–Crippen LogP) is 6.99. The Morgan fingerprint density at radius 1 is 1.16 bits per heavy atom. The van der Waals surface area contributed by atoms with Crippen LogP contribution in [0.15, 0.2) is 67.0 Å². The highest BCUT2D eigenvalue weighted by Crippen LogP contribution is 2.32. The highest BCUT2D eigenvalue weighted by molar-refractivity contribution is 5.94. The molecule has 162 valence electrons. The van der Waals surface area contributed by atoms with Crippen molar-refractivity contribution in [2.24, 2.45) is 5.92 Å². The van der Waals surface area contributed by atoms with E-state index >= 15 is 0 Å². The number of nitrogens with one attached hydrogen (secondary N) is 2. The first-order chi connectivity index (χ1) is 15.7. The Morgan fingerprint density at radius 2 is 2.03 bits per heavy atom. The monoisotopic (exact) mass is 423 g/mol. The van der Waals surface area contributed by atoms with E-state index in [-0.39, 0.29) is 0 Å². The minimum atomic E-state index is 0.776. The Bertz CT molecular complexity index is 1280. The minimum Gasteiger partial charge on any atom is -0.352 e. The maximum atomic E-state index is 5.01. The van der Waals surface area contributed by atoms with Crippen LogP contribution in [0.25, 0.3) is 38.9 Å².